The maximum Gasteiger partial charge on any atom is 0.259 e. The Balaban J connectivity index is 1.37. The van der Waals surface area contributed by atoms with Gasteiger partial charge in [-0.15, -0.1) is 0 Å². The topological polar surface area (TPSA) is 115 Å². The summed E-state index contributed by atoms with van der Waals surface area (Å²) in [4.78, 5) is 15.7. The van der Waals surface area contributed by atoms with Crippen LogP contribution in [0.4, 0.5) is 11.5 Å². The monoisotopic (exact) mass is 543 g/mol. The Morgan fingerprint density at radius 3 is 2.48 bits per heavy atom. The number of nitrogens with two attached hydrogens (primary N) is 1. The molecular weight excluding hydrogens is 506 g/mol. The van der Waals surface area contributed by atoms with Crippen molar-refractivity contribution >= 4 is 28.2 Å². The smallest absolute Gasteiger partial charge is 0.259 e. The van der Waals surface area contributed by atoms with Crippen LogP contribution in [-0.2, 0) is 14.9 Å². The van der Waals surface area contributed by atoms with E-state index in [2.05, 4.69) is 31.0 Å². The van der Waals surface area contributed by atoms with Crippen molar-refractivity contribution in [1.29, 1.82) is 0 Å². The van der Waals surface area contributed by atoms with Gasteiger partial charge < -0.3 is 25.6 Å². The minimum Gasteiger partial charge on any atom is -0.492 e. The number of nitrogens with one attached hydrogen (secondary N) is 1. The number of fused-ring (bicyclic) bond motifs is 1. The highest BCUT2D eigenvalue weighted by Crippen LogP contribution is 2.33. The first-order chi connectivity index (χ1) is 19.2. The van der Waals surface area contributed by atoms with Gasteiger partial charge in [-0.2, -0.15) is 5.10 Å². The molecule has 0 radical (unpaired) electrons. The molecule has 4 aromatic rings. The van der Waals surface area contributed by atoms with Crippen molar-refractivity contribution in [2.24, 2.45) is 0 Å². The number of anilines is 2. The lowest BCUT2D eigenvalue weighted by Gasteiger charge is -2.26. The van der Waals surface area contributed by atoms with E-state index >= 15 is 0 Å². The summed E-state index contributed by atoms with van der Waals surface area (Å²) < 4.78 is 13.2. The molecular formula is C31H37N5O4. The average molecular weight is 544 g/mol. The van der Waals surface area contributed by atoms with Crippen LogP contribution in [0.15, 0.2) is 66.7 Å². The predicted molar refractivity (Wildman–Crippen MR) is 157 cm³/mol. The molecule has 5 rings (SSSR count). The Labute approximate surface area is 234 Å². The van der Waals surface area contributed by atoms with Crippen LogP contribution in [0.2, 0.25) is 0 Å². The number of aliphatic hydroxyl groups excluding tert-OH is 1. The second kappa shape index (κ2) is 11.7. The fraction of sp³-hybridized carbons (Fsp3) is 0.355. The molecule has 1 aliphatic heterocycles. The third-order valence-corrected chi connectivity index (χ3v) is 7.10. The van der Waals surface area contributed by atoms with Gasteiger partial charge in [-0.05, 0) is 41.3 Å². The van der Waals surface area contributed by atoms with Crippen LogP contribution in [0.1, 0.15) is 38.1 Å². The Kier molecular flexibility index (Phi) is 8.07. The van der Waals surface area contributed by atoms with E-state index in [1.807, 2.05) is 48.5 Å². The first kappa shape index (κ1) is 27.6. The molecule has 2 heterocycles. The van der Waals surface area contributed by atoms with E-state index in [0.717, 1.165) is 60.8 Å². The third-order valence-electron chi connectivity index (χ3n) is 7.10. The van der Waals surface area contributed by atoms with Gasteiger partial charge in [0.05, 0.1) is 24.6 Å². The number of carbonyl (C=O) groups excluding carboxylic acids is 1. The number of benzene rings is 3. The molecule has 3 aromatic carbocycles. The van der Waals surface area contributed by atoms with E-state index in [1.165, 1.54) is 0 Å². The third kappa shape index (κ3) is 6.12. The summed E-state index contributed by atoms with van der Waals surface area (Å²) >= 11 is 0. The van der Waals surface area contributed by atoms with Gasteiger partial charge in [-0.1, -0.05) is 51.1 Å². The number of morpholine rings is 1. The zero-order valence-corrected chi connectivity index (χ0v) is 23.3. The van der Waals surface area contributed by atoms with E-state index in [-0.39, 0.29) is 5.41 Å². The van der Waals surface area contributed by atoms with Crippen molar-refractivity contribution in [3.8, 4) is 11.4 Å². The van der Waals surface area contributed by atoms with Crippen LogP contribution in [-0.4, -0.2) is 65.1 Å². The number of hydrogen-bond acceptors (Lipinski definition) is 7. The molecule has 0 saturated carbocycles. The second-order valence-corrected chi connectivity index (χ2v) is 11.1. The van der Waals surface area contributed by atoms with Crippen LogP contribution >= 0.6 is 0 Å². The van der Waals surface area contributed by atoms with Gasteiger partial charge in [-0.3, -0.25) is 9.69 Å². The molecule has 0 spiro atoms. The molecule has 9 heteroatoms. The molecule has 9 nitrogen and oxygen atoms in total. The average Bonchev–Trinajstić information content (AvgIpc) is 3.38. The van der Waals surface area contributed by atoms with E-state index in [9.17, 15) is 9.90 Å². The van der Waals surface area contributed by atoms with E-state index in [1.54, 1.807) is 22.9 Å². The van der Waals surface area contributed by atoms with Crippen LogP contribution in [0, 0.1) is 0 Å². The maximum absolute atomic E-state index is 13.4. The van der Waals surface area contributed by atoms with E-state index in [4.69, 9.17) is 20.3 Å². The number of amides is 1. The molecule has 1 amide bonds. The first-order valence-corrected chi connectivity index (χ1v) is 13.6. The molecule has 1 unspecified atom stereocenters. The Morgan fingerprint density at radius 2 is 1.77 bits per heavy atom. The molecule has 4 N–H and O–H groups in total. The fourth-order valence-corrected chi connectivity index (χ4v) is 4.75. The lowest BCUT2D eigenvalue weighted by Crippen LogP contribution is -2.38. The van der Waals surface area contributed by atoms with Crippen LogP contribution in [0.25, 0.3) is 16.5 Å². The van der Waals surface area contributed by atoms with Crippen LogP contribution in [0.5, 0.6) is 5.75 Å². The summed E-state index contributed by atoms with van der Waals surface area (Å²) in [6.45, 7) is 10.8. The van der Waals surface area contributed by atoms with Gasteiger partial charge >= 0.3 is 0 Å². The Hall–Kier alpha value is -3.92. The molecule has 1 aromatic heterocycles. The molecule has 210 valence electrons. The fourth-order valence-electron chi connectivity index (χ4n) is 4.75. The summed E-state index contributed by atoms with van der Waals surface area (Å²) in [6.07, 6.45) is -1.40. The number of rotatable bonds is 8. The standard InChI is InChI=1S/C31H37N5O4/c1-31(2,3)27-20-28(36(34-27)22-10-8-21(32)9-11-22)33-30(38)29(37)25-12-13-26(24-7-5-4-6-23(24)25)40-19-16-35-14-17-39-18-15-35/h4-13,20,29,37H,14-19,32H2,1-3H3,(H,33,38). The minimum absolute atomic E-state index is 0.245. The predicted octanol–water partition coefficient (Wildman–Crippen LogP) is 4.29. The number of nitrogens with zero attached hydrogens (tertiary/aromatic N) is 3. The molecule has 0 bridgehead atoms. The van der Waals surface area contributed by atoms with Gasteiger partial charge in [0, 0.05) is 42.2 Å². The summed E-state index contributed by atoms with van der Waals surface area (Å²) in [5.74, 6) is 0.630. The van der Waals surface area contributed by atoms with Gasteiger partial charge in [-0.25, -0.2) is 4.68 Å². The summed E-state index contributed by atoms with van der Waals surface area (Å²) in [6, 6.07) is 20.3. The number of carbonyl (C=O) groups is 1. The first-order valence-electron chi connectivity index (χ1n) is 13.6. The minimum atomic E-state index is -1.40. The lowest BCUT2D eigenvalue weighted by atomic mass is 9.92. The number of aromatic nitrogens is 2. The summed E-state index contributed by atoms with van der Waals surface area (Å²) in [5, 5.41) is 20.5. The van der Waals surface area contributed by atoms with Crippen LogP contribution < -0.4 is 15.8 Å². The highest BCUT2D eigenvalue weighted by Gasteiger charge is 2.25. The number of ether oxygens (including phenoxy) is 2. The molecule has 1 fully saturated rings. The summed E-state index contributed by atoms with van der Waals surface area (Å²) in [5.41, 5.74) is 8.31. The van der Waals surface area contributed by atoms with Crippen molar-refractivity contribution < 1.29 is 19.4 Å². The highest BCUT2D eigenvalue weighted by molar-refractivity contribution is 5.99. The van der Waals surface area contributed by atoms with Crippen molar-refractivity contribution in [1.82, 2.24) is 14.7 Å². The largest absolute Gasteiger partial charge is 0.492 e. The van der Waals surface area contributed by atoms with Crippen molar-refractivity contribution in [2.75, 3.05) is 50.5 Å². The Morgan fingerprint density at radius 1 is 1.07 bits per heavy atom. The molecule has 40 heavy (non-hydrogen) atoms. The molecule has 1 atom stereocenters. The second-order valence-electron chi connectivity index (χ2n) is 11.1. The zero-order valence-electron chi connectivity index (χ0n) is 23.3. The van der Waals surface area contributed by atoms with E-state index in [0.29, 0.717) is 23.7 Å². The van der Waals surface area contributed by atoms with Crippen molar-refractivity contribution in [3.63, 3.8) is 0 Å². The SMILES string of the molecule is CC(C)(C)c1cc(NC(=O)C(O)c2ccc(OCCN3CCOCC3)c3ccccc23)n(-c2ccc(N)cc2)n1. The number of hydrogen-bond donors (Lipinski definition) is 3. The number of aliphatic hydroxyl groups is 1. The van der Waals surface area contributed by atoms with E-state index < -0.39 is 12.0 Å². The lowest BCUT2D eigenvalue weighted by molar-refractivity contribution is -0.124. The van der Waals surface area contributed by atoms with Gasteiger partial charge in [0.2, 0.25) is 0 Å². The quantitative estimate of drug-likeness (QED) is 0.284. The Bertz CT molecular complexity index is 1470. The molecule has 1 saturated heterocycles. The van der Waals surface area contributed by atoms with Crippen molar-refractivity contribution in [3.05, 3.63) is 78.0 Å². The maximum atomic E-state index is 13.4. The summed E-state index contributed by atoms with van der Waals surface area (Å²) in [7, 11) is 0. The molecule has 1 aliphatic rings. The highest BCUT2D eigenvalue weighted by atomic mass is 16.5. The van der Waals surface area contributed by atoms with Gasteiger partial charge in [0.25, 0.3) is 5.91 Å². The zero-order chi connectivity index (χ0) is 28.3. The van der Waals surface area contributed by atoms with Crippen LogP contribution in [0.3, 0.4) is 0 Å². The van der Waals surface area contributed by atoms with Gasteiger partial charge in [0.15, 0.2) is 6.10 Å². The molecule has 0 aliphatic carbocycles. The number of nitrogen functional groups attached to an aromatic ring is 1. The normalized spacial score (nSPS) is 15.2. The van der Waals surface area contributed by atoms with Crippen molar-refractivity contribution in [2.45, 2.75) is 32.3 Å². The van der Waals surface area contributed by atoms with Gasteiger partial charge in [0.1, 0.15) is 18.2 Å².